The van der Waals surface area contributed by atoms with Gasteiger partial charge in [-0.25, -0.2) is 9.18 Å². The van der Waals surface area contributed by atoms with Crippen LogP contribution in [-0.2, 0) is 16.1 Å². The average molecular weight is 250 g/mol. The summed E-state index contributed by atoms with van der Waals surface area (Å²) in [5.74, 6) is -2.16. The average Bonchev–Trinajstić information content (AvgIpc) is 2.53. The van der Waals surface area contributed by atoms with Gasteiger partial charge in [-0.1, -0.05) is 12.1 Å². The maximum absolute atomic E-state index is 13.0. The molecular formula is C12H11FN2O3. The van der Waals surface area contributed by atoms with Gasteiger partial charge in [0, 0.05) is 6.54 Å². The number of hydrogen-bond donors (Lipinski definition) is 0. The van der Waals surface area contributed by atoms with Crippen molar-refractivity contribution >= 4 is 17.8 Å². The van der Waals surface area contributed by atoms with E-state index >= 15 is 0 Å². The molecule has 1 heterocycles. The lowest BCUT2D eigenvalue weighted by Crippen LogP contribution is -2.32. The van der Waals surface area contributed by atoms with E-state index in [4.69, 9.17) is 0 Å². The molecule has 0 N–H and O–H groups in total. The van der Waals surface area contributed by atoms with Crippen LogP contribution in [0.2, 0.25) is 0 Å². The van der Waals surface area contributed by atoms with Crippen molar-refractivity contribution in [1.82, 2.24) is 9.80 Å². The van der Waals surface area contributed by atoms with E-state index in [-0.39, 0.29) is 13.1 Å². The van der Waals surface area contributed by atoms with Crippen molar-refractivity contribution in [3.63, 3.8) is 0 Å². The van der Waals surface area contributed by atoms with Crippen LogP contribution in [0.1, 0.15) is 12.5 Å². The first kappa shape index (κ1) is 12.2. The molecule has 6 heteroatoms. The van der Waals surface area contributed by atoms with Gasteiger partial charge in [0.15, 0.2) is 0 Å². The Balaban J connectivity index is 2.22. The Hall–Kier alpha value is -2.24. The molecule has 4 amide bonds. The van der Waals surface area contributed by atoms with E-state index in [2.05, 4.69) is 0 Å². The van der Waals surface area contributed by atoms with Crippen molar-refractivity contribution in [2.45, 2.75) is 13.5 Å². The third-order valence-corrected chi connectivity index (χ3v) is 2.68. The number of carbonyl (C=O) groups is 3. The minimum Gasteiger partial charge on any atom is -0.263 e. The van der Waals surface area contributed by atoms with E-state index in [1.54, 1.807) is 13.0 Å². The summed E-state index contributed by atoms with van der Waals surface area (Å²) >= 11 is 0. The molecule has 0 unspecified atom stereocenters. The standard InChI is InChI=1S/C12H11FN2O3/c1-2-14-10(16)11(17)15(12(14)18)7-8-4-3-5-9(13)6-8/h3-6H,2,7H2,1H3. The van der Waals surface area contributed by atoms with E-state index < -0.39 is 23.7 Å². The van der Waals surface area contributed by atoms with Crippen molar-refractivity contribution in [1.29, 1.82) is 0 Å². The molecule has 0 spiro atoms. The maximum atomic E-state index is 13.0. The Morgan fingerprint density at radius 2 is 1.78 bits per heavy atom. The van der Waals surface area contributed by atoms with Crippen LogP contribution >= 0.6 is 0 Å². The Morgan fingerprint density at radius 3 is 2.33 bits per heavy atom. The molecule has 0 bridgehead atoms. The highest BCUT2D eigenvalue weighted by molar-refractivity contribution is 6.44. The van der Waals surface area contributed by atoms with E-state index in [1.807, 2.05) is 0 Å². The third kappa shape index (κ3) is 1.97. The summed E-state index contributed by atoms with van der Waals surface area (Å²) in [6, 6.07) is 4.90. The number of imide groups is 2. The smallest absolute Gasteiger partial charge is 0.263 e. The van der Waals surface area contributed by atoms with Gasteiger partial charge in [-0.2, -0.15) is 0 Å². The quantitative estimate of drug-likeness (QED) is 0.597. The molecular weight excluding hydrogens is 239 g/mol. The zero-order valence-electron chi connectivity index (χ0n) is 9.72. The molecule has 94 valence electrons. The molecule has 0 atom stereocenters. The molecule has 1 aliphatic rings. The Morgan fingerprint density at radius 1 is 1.11 bits per heavy atom. The molecule has 1 aliphatic heterocycles. The van der Waals surface area contributed by atoms with Crippen molar-refractivity contribution < 1.29 is 18.8 Å². The molecule has 0 aliphatic carbocycles. The highest BCUT2D eigenvalue weighted by Gasteiger charge is 2.43. The van der Waals surface area contributed by atoms with Crippen LogP contribution in [0.5, 0.6) is 0 Å². The van der Waals surface area contributed by atoms with E-state index in [0.29, 0.717) is 5.56 Å². The number of hydrogen-bond acceptors (Lipinski definition) is 3. The molecule has 0 saturated carbocycles. The highest BCUT2D eigenvalue weighted by Crippen LogP contribution is 2.16. The fraction of sp³-hybridized carbons (Fsp3) is 0.250. The Labute approximate surface area is 103 Å². The molecule has 1 aromatic rings. The number of halogens is 1. The molecule has 0 radical (unpaired) electrons. The number of carbonyl (C=O) groups excluding carboxylic acids is 3. The summed E-state index contributed by atoms with van der Waals surface area (Å²) in [6.45, 7) is 1.65. The van der Waals surface area contributed by atoms with Crippen LogP contribution in [0.3, 0.4) is 0 Å². The lowest BCUT2D eigenvalue weighted by atomic mass is 10.2. The molecule has 1 fully saturated rings. The summed E-state index contributed by atoms with van der Waals surface area (Å²) in [5, 5.41) is 0. The van der Waals surface area contributed by atoms with Gasteiger partial charge < -0.3 is 0 Å². The summed E-state index contributed by atoms with van der Waals surface area (Å²) in [4.78, 5) is 36.5. The van der Waals surface area contributed by atoms with Gasteiger partial charge in [0.05, 0.1) is 6.54 Å². The monoisotopic (exact) mass is 250 g/mol. The van der Waals surface area contributed by atoms with Gasteiger partial charge in [-0.15, -0.1) is 0 Å². The molecule has 18 heavy (non-hydrogen) atoms. The third-order valence-electron chi connectivity index (χ3n) is 2.68. The second-order valence-corrected chi connectivity index (χ2v) is 3.85. The fourth-order valence-electron chi connectivity index (χ4n) is 1.79. The second kappa shape index (κ2) is 4.56. The number of amides is 4. The van der Waals surface area contributed by atoms with Gasteiger partial charge in [0.2, 0.25) is 0 Å². The summed E-state index contributed by atoms with van der Waals surface area (Å²) < 4.78 is 13.0. The number of urea groups is 1. The largest absolute Gasteiger partial charge is 0.334 e. The fourth-order valence-corrected chi connectivity index (χ4v) is 1.79. The number of rotatable bonds is 3. The van der Waals surface area contributed by atoms with E-state index in [9.17, 15) is 18.8 Å². The van der Waals surface area contributed by atoms with Crippen molar-refractivity contribution in [3.05, 3.63) is 35.6 Å². The first-order valence-electron chi connectivity index (χ1n) is 5.46. The van der Waals surface area contributed by atoms with Crippen LogP contribution < -0.4 is 0 Å². The molecule has 0 aromatic heterocycles. The van der Waals surface area contributed by atoms with Crippen LogP contribution in [0, 0.1) is 5.82 Å². The molecule has 5 nitrogen and oxygen atoms in total. The van der Waals surface area contributed by atoms with E-state index in [1.165, 1.54) is 18.2 Å². The minimum absolute atomic E-state index is 0.0995. The van der Waals surface area contributed by atoms with Gasteiger partial charge in [0.25, 0.3) is 0 Å². The van der Waals surface area contributed by atoms with Gasteiger partial charge in [-0.05, 0) is 24.6 Å². The zero-order chi connectivity index (χ0) is 13.3. The Bertz CT molecular complexity index is 530. The van der Waals surface area contributed by atoms with Gasteiger partial charge in [-0.3, -0.25) is 19.4 Å². The molecule has 1 aromatic carbocycles. The lowest BCUT2D eigenvalue weighted by molar-refractivity contribution is -0.143. The summed E-state index contributed by atoms with van der Waals surface area (Å²) in [5.41, 5.74) is 0.461. The van der Waals surface area contributed by atoms with Crippen LogP contribution in [0.4, 0.5) is 9.18 Å². The SMILES string of the molecule is CCN1C(=O)C(=O)N(Cc2cccc(F)c2)C1=O. The predicted molar refractivity (Wildman–Crippen MR) is 59.7 cm³/mol. The van der Waals surface area contributed by atoms with Crippen molar-refractivity contribution in [2.24, 2.45) is 0 Å². The van der Waals surface area contributed by atoms with E-state index in [0.717, 1.165) is 9.80 Å². The van der Waals surface area contributed by atoms with Crippen molar-refractivity contribution in [3.8, 4) is 0 Å². The highest BCUT2D eigenvalue weighted by atomic mass is 19.1. The van der Waals surface area contributed by atoms with Gasteiger partial charge >= 0.3 is 17.8 Å². The number of nitrogens with zero attached hydrogens (tertiary/aromatic N) is 2. The minimum atomic E-state index is -0.869. The van der Waals surface area contributed by atoms with Crippen LogP contribution in [0.15, 0.2) is 24.3 Å². The topological polar surface area (TPSA) is 57.7 Å². The van der Waals surface area contributed by atoms with Gasteiger partial charge in [0.1, 0.15) is 5.82 Å². The Kier molecular flexibility index (Phi) is 3.10. The first-order valence-corrected chi connectivity index (χ1v) is 5.46. The molecule has 2 rings (SSSR count). The second-order valence-electron chi connectivity index (χ2n) is 3.85. The predicted octanol–water partition coefficient (Wildman–Crippen LogP) is 1.14. The normalized spacial score (nSPS) is 15.8. The lowest BCUT2D eigenvalue weighted by Gasteiger charge is -2.14. The number of likely N-dealkylation sites (N-methyl/N-ethyl adjacent to an activating group) is 1. The van der Waals surface area contributed by atoms with Crippen molar-refractivity contribution in [2.75, 3.05) is 6.54 Å². The number of benzene rings is 1. The molecule has 1 saturated heterocycles. The summed E-state index contributed by atoms with van der Waals surface area (Å²) in [6.07, 6.45) is 0. The zero-order valence-corrected chi connectivity index (χ0v) is 9.72. The maximum Gasteiger partial charge on any atom is 0.334 e. The van der Waals surface area contributed by atoms with Crippen LogP contribution in [-0.4, -0.2) is 34.2 Å². The first-order chi connectivity index (χ1) is 8.54. The van der Waals surface area contributed by atoms with Crippen LogP contribution in [0.25, 0.3) is 0 Å². The summed E-state index contributed by atoms with van der Waals surface area (Å²) in [7, 11) is 0.